The molecular weight excluding hydrogens is 411 g/mol. The van der Waals surface area contributed by atoms with Gasteiger partial charge in [-0.2, -0.15) is 18.9 Å². The number of hydrogen-bond donors (Lipinski definition) is 3. The molecule has 0 aliphatic carbocycles. The lowest BCUT2D eigenvalue weighted by molar-refractivity contribution is 0.473. The first-order valence-electron chi connectivity index (χ1n) is 7.56. The summed E-state index contributed by atoms with van der Waals surface area (Å²) in [6.45, 7) is 0. The van der Waals surface area contributed by atoms with Crippen LogP contribution in [0.1, 0.15) is 11.1 Å². The van der Waals surface area contributed by atoms with E-state index in [9.17, 15) is 31.2 Å². The van der Waals surface area contributed by atoms with Crippen molar-refractivity contribution in [2.75, 3.05) is 5.73 Å². The van der Waals surface area contributed by atoms with E-state index in [1.54, 1.807) is 0 Å². The largest absolute Gasteiger partial charge is 0.505 e. The van der Waals surface area contributed by atoms with Gasteiger partial charge in [0.25, 0.3) is 10.1 Å². The zero-order chi connectivity index (χ0) is 21.7. The number of nitriles is 2. The number of nitrogens with two attached hydrogens (primary N) is 1. The smallest absolute Gasteiger partial charge is 0.296 e. The Bertz CT molecular complexity index is 1410. The van der Waals surface area contributed by atoms with E-state index in [2.05, 4.69) is 0 Å². The highest BCUT2D eigenvalue weighted by atomic mass is 32.2. The number of hydrogen-bond acceptors (Lipinski definition) is 6. The molecule has 0 unspecified atom stereocenters. The van der Waals surface area contributed by atoms with E-state index in [-0.39, 0.29) is 16.3 Å². The number of rotatable bonds is 2. The number of phenolic OH excluding ortho intramolecular Hbond substituents is 1. The summed E-state index contributed by atoms with van der Waals surface area (Å²) < 4.78 is 74.8. The predicted molar refractivity (Wildman–Crippen MR) is 94.6 cm³/mol. The number of fused-ring (bicyclic) bond motifs is 1. The topological polar surface area (TPSA) is 148 Å². The van der Waals surface area contributed by atoms with Crippen LogP contribution in [-0.2, 0) is 10.1 Å². The molecule has 0 heterocycles. The van der Waals surface area contributed by atoms with Gasteiger partial charge in [-0.05, 0) is 29.1 Å². The summed E-state index contributed by atoms with van der Waals surface area (Å²) in [4.78, 5) is -0.830. The summed E-state index contributed by atoms with van der Waals surface area (Å²) in [6.07, 6.45) is 0. The quantitative estimate of drug-likeness (QED) is 0.250. The van der Waals surface area contributed by atoms with Gasteiger partial charge in [0.2, 0.25) is 0 Å². The fourth-order valence-electron chi connectivity index (χ4n) is 2.88. The van der Waals surface area contributed by atoms with Gasteiger partial charge < -0.3 is 10.8 Å². The number of halogens is 3. The average Bonchev–Trinajstić information content (AvgIpc) is 2.66. The van der Waals surface area contributed by atoms with E-state index in [4.69, 9.17) is 16.3 Å². The van der Waals surface area contributed by atoms with Gasteiger partial charge in [0.15, 0.2) is 17.5 Å². The van der Waals surface area contributed by atoms with Crippen molar-refractivity contribution >= 4 is 26.6 Å². The zero-order valence-electron chi connectivity index (χ0n) is 14.0. The van der Waals surface area contributed by atoms with Gasteiger partial charge in [0.05, 0.1) is 5.69 Å². The van der Waals surface area contributed by atoms with Crippen LogP contribution in [-0.4, -0.2) is 18.1 Å². The highest BCUT2D eigenvalue weighted by Gasteiger charge is 2.27. The van der Waals surface area contributed by atoms with Crippen LogP contribution in [0.15, 0.2) is 29.2 Å². The van der Waals surface area contributed by atoms with Crippen molar-refractivity contribution < 1.29 is 31.2 Å². The summed E-state index contributed by atoms with van der Waals surface area (Å²) in [5.74, 6) is -5.72. The summed E-state index contributed by atoms with van der Waals surface area (Å²) in [7, 11) is -4.83. The van der Waals surface area contributed by atoms with E-state index >= 15 is 0 Å². The first-order chi connectivity index (χ1) is 13.5. The summed E-state index contributed by atoms with van der Waals surface area (Å²) in [5.41, 5.74) is 1.69. The number of phenols is 1. The molecule has 0 saturated heterocycles. The highest BCUT2D eigenvalue weighted by Crippen LogP contribution is 2.39. The van der Waals surface area contributed by atoms with Crippen molar-refractivity contribution in [2.24, 2.45) is 0 Å². The van der Waals surface area contributed by atoms with E-state index in [1.165, 1.54) is 12.1 Å². The zero-order valence-corrected chi connectivity index (χ0v) is 14.9. The number of aromatic hydroxyl groups is 1. The van der Waals surface area contributed by atoms with Crippen LogP contribution in [0.2, 0.25) is 0 Å². The Morgan fingerprint density at radius 2 is 1.55 bits per heavy atom. The van der Waals surface area contributed by atoms with Crippen LogP contribution in [0.3, 0.4) is 0 Å². The van der Waals surface area contributed by atoms with Crippen LogP contribution in [0, 0.1) is 40.1 Å². The van der Waals surface area contributed by atoms with E-state index in [0.717, 1.165) is 24.3 Å². The molecule has 0 aliphatic heterocycles. The second-order valence-corrected chi connectivity index (χ2v) is 7.23. The Hall–Kier alpha value is -3.80. The normalized spacial score (nSPS) is 11.2. The molecule has 0 bridgehead atoms. The van der Waals surface area contributed by atoms with E-state index < -0.39 is 60.6 Å². The van der Waals surface area contributed by atoms with Crippen molar-refractivity contribution in [3.05, 3.63) is 52.8 Å². The molecule has 0 fully saturated rings. The average molecular weight is 419 g/mol. The standard InChI is InChI=1S/C18H8F3N3O4S/c19-14-11(6-23)16(21)15(20)10(5-22)13(14)7-1-2-9-8(3-7)4-12(29(26,27)28)17(24)18(9)25/h1-4,25H,24H2,(H,26,27,28). The first-order valence-corrected chi connectivity index (χ1v) is 9.00. The number of nitrogen functional groups attached to an aromatic ring is 1. The Kier molecular flexibility index (Phi) is 4.59. The molecule has 3 aromatic rings. The van der Waals surface area contributed by atoms with Crippen LogP contribution >= 0.6 is 0 Å². The Labute approximate surface area is 161 Å². The molecule has 29 heavy (non-hydrogen) atoms. The molecule has 0 atom stereocenters. The summed E-state index contributed by atoms with van der Waals surface area (Å²) in [6, 6.07) is 6.74. The lowest BCUT2D eigenvalue weighted by Crippen LogP contribution is -2.05. The molecule has 3 rings (SSSR count). The Morgan fingerprint density at radius 1 is 0.966 bits per heavy atom. The van der Waals surface area contributed by atoms with Crippen molar-refractivity contribution in [3.8, 4) is 29.0 Å². The molecule has 7 nitrogen and oxygen atoms in total. The van der Waals surface area contributed by atoms with Gasteiger partial charge >= 0.3 is 0 Å². The predicted octanol–water partition coefficient (Wildman–Crippen LogP) is 3.20. The maximum absolute atomic E-state index is 14.7. The van der Waals surface area contributed by atoms with Crippen molar-refractivity contribution in [2.45, 2.75) is 4.90 Å². The van der Waals surface area contributed by atoms with E-state index in [1.807, 2.05) is 0 Å². The lowest BCUT2D eigenvalue weighted by atomic mass is 9.94. The van der Waals surface area contributed by atoms with Crippen LogP contribution in [0.5, 0.6) is 5.75 Å². The fourth-order valence-corrected chi connectivity index (χ4v) is 3.53. The summed E-state index contributed by atoms with van der Waals surface area (Å²) in [5, 5.41) is 28.1. The second-order valence-electron chi connectivity index (χ2n) is 5.84. The molecule has 4 N–H and O–H groups in total. The minimum atomic E-state index is -4.83. The molecule has 0 aliphatic rings. The monoisotopic (exact) mass is 419 g/mol. The van der Waals surface area contributed by atoms with Gasteiger partial charge in [-0.3, -0.25) is 4.55 Å². The second kappa shape index (κ2) is 6.67. The van der Waals surface area contributed by atoms with Crippen LogP contribution < -0.4 is 5.73 Å². The summed E-state index contributed by atoms with van der Waals surface area (Å²) >= 11 is 0. The van der Waals surface area contributed by atoms with E-state index in [0.29, 0.717) is 0 Å². The molecule has 0 radical (unpaired) electrons. The lowest BCUT2D eigenvalue weighted by Gasteiger charge is -2.13. The minimum absolute atomic E-state index is 0.000607. The van der Waals surface area contributed by atoms with Crippen molar-refractivity contribution in [1.29, 1.82) is 10.5 Å². The number of nitrogens with zero attached hydrogens (tertiary/aromatic N) is 2. The van der Waals surface area contributed by atoms with Crippen LogP contribution in [0.4, 0.5) is 18.9 Å². The molecule has 11 heteroatoms. The van der Waals surface area contributed by atoms with Crippen LogP contribution in [0.25, 0.3) is 21.9 Å². The third-order valence-electron chi connectivity index (χ3n) is 4.22. The molecule has 0 spiro atoms. The SMILES string of the molecule is N#Cc1c(F)c(F)c(C#N)c(-c2ccc3c(O)c(N)c(S(=O)(=O)O)cc3c2)c1F. The molecule has 3 aromatic carbocycles. The highest BCUT2D eigenvalue weighted by molar-refractivity contribution is 7.86. The first kappa shape index (κ1) is 19.9. The molecule has 0 amide bonds. The number of anilines is 1. The van der Waals surface area contributed by atoms with Crippen molar-refractivity contribution in [1.82, 2.24) is 0 Å². The van der Waals surface area contributed by atoms with Gasteiger partial charge in [-0.15, -0.1) is 0 Å². The van der Waals surface area contributed by atoms with Gasteiger partial charge in [-0.25, -0.2) is 13.2 Å². The Morgan fingerprint density at radius 3 is 2.10 bits per heavy atom. The third kappa shape index (κ3) is 2.99. The van der Waals surface area contributed by atoms with Gasteiger partial charge in [0, 0.05) is 10.9 Å². The van der Waals surface area contributed by atoms with Crippen molar-refractivity contribution in [3.63, 3.8) is 0 Å². The molecular formula is C18H8F3N3O4S. The van der Waals surface area contributed by atoms with Gasteiger partial charge in [-0.1, -0.05) is 6.07 Å². The number of benzene rings is 3. The molecule has 146 valence electrons. The Balaban J connectivity index is 2.45. The maximum atomic E-state index is 14.7. The van der Waals surface area contributed by atoms with Gasteiger partial charge in [0.1, 0.15) is 33.9 Å². The molecule has 0 saturated carbocycles. The maximum Gasteiger partial charge on any atom is 0.296 e. The fraction of sp³-hybridized carbons (Fsp3) is 0. The third-order valence-corrected chi connectivity index (χ3v) is 5.12. The minimum Gasteiger partial charge on any atom is -0.505 e. The molecule has 0 aromatic heterocycles.